The standard InChI is InChI=1S/C23H31ClN6O3/c1-22(2,32)9-11-30-18-12-15(6-7-17(18)28(4)21(30)31)26-19-16(24)13-25-20(27-19)29-10-5-8-23(3,33)14-29/h6-7,12-13,32-33H,5,8-11,14H2,1-4H3,(H,25,26,27). The minimum Gasteiger partial charge on any atom is -0.390 e. The number of rotatable bonds is 6. The van der Waals surface area contributed by atoms with Gasteiger partial charge in [-0.1, -0.05) is 11.6 Å². The van der Waals surface area contributed by atoms with E-state index in [-0.39, 0.29) is 5.69 Å². The molecule has 4 rings (SSSR count). The van der Waals surface area contributed by atoms with E-state index in [4.69, 9.17) is 11.6 Å². The first-order chi connectivity index (χ1) is 15.4. The lowest BCUT2D eigenvalue weighted by Crippen LogP contribution is -2.46. The smallest absolute Gasteiger partial charge is 0.328 e. The molecule has 1 fully saturated rings. The van der Waals surface area contributed by atoms with Crippen LogP contribution >= 0.6 is 11.6 Å². The number of hydrogen-bond donors (Lipinski definition) is 3. The molecule has 3 N–H and O–H groups in total. The fourth-order valence-corrected chi connectivity index (χ4v) is 4.35. The number of piperidine rings is 1. The summed E-state index contributed by atoms with van der Waals surface area (Å²) in [5.41, 5.74) is 0.496. The highest BCUT2D eigenvalue weighted by Crippen LogP contribution is 2.29. The highest BCUT2D eigenvalue weighted by atomic mass is 35.5. The van der Waals surface area contributed by atoms with Crippen LogP contribution < -0.4 is 15.9 Å². The van der Waals surface area contributed by atoms with Crippen LogP contribution in [0.4, 0.5) is 17.5 Å². The summed E-state index contributed by atoms with van der Waals surface area (Å²) >= 11 is 6.38. The Morgan fingerprint density at radius 3 is 2.76 bits per heavy atom. The van der Waals surface area contributed by atoms with E-state index >= 15 is 0 Å². The number of aliphatic hydroxyl groups is 2. The van der Waals surface area contributed by atoms with Crippen molar-refractivity contribution in [3.8, 4) is 0 Å². The molecule has 0 bridgehead atoms. The molecule has 0 aliphatic carbocycles. The Morgan fingerprint density at radius 2 is 2.06 bits per heavy atom. The zero-order valence-electron chi connectivity index (χ0n) is 19.5. The molecule has 178 valence electrons. The summed E-state index contributed by atoms with van der Waals surface area (Å²) in [6, 6.07) is 5.62. The summed E-state index contributed by atoms with van der Waals surface area (Å²) < 4.78 is 3.27. The number of benzene rings is 1. The summed E-state index contributed by atoms with van der Waals surface area (Å²) in [4.78, 5) is 23.7. The van der Waals surface area contributed by atoms with Crippen molar-refractivity contribution in [3.05, 3.63) is 39.9 Å². The largest absolute Gasteiger partial charge is 0.390 e. The van der Waals surface area contributed by atoms with Crippen molar-refractivity contribution in [2.45, 2.75) is 57.8 Å². The van der Waals surface area contributed by atoms with Crippen molar-refractivity contribution in [2.75, 3.05) is 23.3 Å². The molecular formula is C23H31ClN6O3. The molecule has 0 radical (unpaired) electrons. The van der Waals surface area contributed by atoms with Crippen molar-refractivity contribution in [1.82, 2.24) is 19.1 Å². The molecule has 1 aliphatic heterocycles. The minimum absolute atomic E-state index is 0.133. The van der Waals surface area contributed by atoms with Crippen LogP contribution in [0.2, 0.25) is 5.02 Å². The van der Waals surface area contributed by atoms with Gasteiger partial charge in [-0.25, -0.2) is 9.78 Å². The van der Waals surface area contributed by atoms with Gasteiger partial charge in [0, 0.05) is 32.4 Å². The van der Waals surface area contributed by atoms with Crippen molar-refractivity contribution >= 4 is 40.1 Å². The van der Waals surface area contributed by atoms with Crippen molar-refractivity contribution in [2.24, 2.45) is 7.05 Å². The van der Waals surface area contributed by atoms with E-state index in [2.05, 4.69) is 15.3 Å². The van der Waals surface area contributed by atoms with Gasteiger partial charge in [0.2, 0.25) is 5.95 Å². The van der Waals surface area contributed by atoms with Crippen LogP contribution in [0.3, 0.4) is 0 Å². The van der Waals surface area contributed by atoms with E-state index < -0.39 is 11.2 Å². The Kier molecular flexibility index (Phi) is 6.15. The number of β-amino-alcohol motifs (C(OH)–C–C–N with tert-alkyl or cyclic N) is 1. The zero-order valence-corrected chi connectivity index (χ0v) is 20.2. The number of aromatic nitrogens is 4. The van der Waals surface area contributed by atoms with Gasteiger partial charge >= 0.3 is 5.69 Å². The van der Waals surface area contributed by atoms with Gasteiger partial charge in [0.25, 0.3) is 0 Å². The summed E-state index contributed by atoms with van der Waals surface area (Å²) in [5.74, 6) is 0.956. The summed E-state index contributed by atoms with van der Waals surface area (Å²) in [7, 11) is 1.74. The normalized spacial score (nSPS) is 19.3. The second kappa shape index (κ2) is 8.62. The van der Waals surface area contributed by atoms with E-state index in [1.54, 1.807) is 36.2 Å². The number of imidazole rings is 1. The molecule has 1 atom stereocenters. The van der Waals surface area contributed by atoms with Gasteiger partial charge in [-0.2, -0.15) is 4.98 Å². The fraction of sp³-hybridized carbons (Fsp3) is 0.522. The molecular weight excluding hydrogens is 444 g/mol. The molecule has 0 amide bonds. The number of fused-ring (bicyclic) bond motifs is 1. The third-order valence-electron chi connectivity index (χ3n) is 6.04. The lowest BCUT2D eigenvalue weighted by atomic mass is 9.95. The molecule has 9 nitrogen and oxygen atoms in total. The van der Waals surface area contributed by atoms with E-state index in [9.17, 15) is 15.0 Å². The van der Waals surface area contributed by atoms with Crippen LogP contribution in [0.5, 0.6) is 0 Å². The van der Waals surface area contributed by atoms with Crippen LogP contribution in [0, 0.1) is 0 Å². The van der Waals surface area contributed by atoms with Crippen molar-refractivity contribution < 1.29 is 10.2 Å². The van der Waals surface area contributed by atoms with Crippen molar-refractivity contribution in [1.29, 1.82) is 0 Å². The van der Waals surface area contributed by atoms with Crippen LogP contribution in [0.25, 0.3) is 11.0 Å². The molecule has 1 saturated heterocycles. The maximum atomic E-state index is 12.8. The first kappa shape index (κ1) is 23.5. The Labute approximate surface area is 197 Å². The van der Waals surface area contributed by atoms with E-state index in [0.29, 0.717) is 36.3 Å². The van der Waals surface area contributed by atoms with Gasteiger partial charge in [-0.05, 0) is 58.2 Å². The molecule has 1 unspecified atom stereocenters. The number of hydrogen-bond acceptors (Lipinski definition) is 7. The molecule has 33 heavy (non-hydrogen) atoms. The quantitative estimate of drug-likeness (QED) is 0.503. The first-order valence-electron chi connectivity index (χ1n) is 11.1. The maximum Gasteiger partial charge on any atom is 0.328 e. The Morgan fingerprint density at radius 1 is 1.30 bits per heavy atom. The lowest BCUT2D eigenvalue weighted by molar-refractivity contribution is 0.0444. The number of halogens is 1. The van der Waals surface area contributed by atoms with Gasteiger partial charge in [-0.3, -0.25) is 9.13 Å². The average molecular weight is 475 g/mol. The Balaban J connectivity index is 1.64. The molecule has 10 heteroatoms. The Hall–Kier alpha value is -2.62. The van der Waals surface area contributed by atoms with Gasteiger partial charge in [0.05, 0.1) is 28.4 Å². The molecule has 1 aromatic carbocycles. The van der Waals surface area contributed by atoms with Crippen LogP contribution in [-0.4, -0.2) is 53.6 Å². The lowest BCUT2D eigenvalue weighted by Gasteiger charge is -2.36. The topological polar surface area (TPSA) is 108 Å². The SMILES string of the molecule is Cn1c(=O)n(CCC(C)(C)O)c2cc(Nc3nc(N4CCCC(C)(O)C4)ncc3Cl)ccc21. The number of nitrogens with one attached hydrogen (secondary N) is 1. The van der Waals surface area contributed by atoms with E-state index in [0.717, 1.165) is 36.1 Å². The van der Waals surface area contributed by atoms with E-state index in [1.165, 1.54) is 0 Å². The summed E-state index contributed by atoms with van der Waals surface area (Å²) in [5, 5.41) is 24.2. The highest BCUT2D eigenvalue weighted by molar-refractivity contribution is 6.32. The molecule has 1 aliphatic rings. The zero-order chi connectivity index (χ0) is 24.0. The molecule has 3 heterocycles. The first-order valence-corrected chi connectivity index (χ1v) is 11.5. The molecule has 3 aromatic rings. The van der Waals surface area contributed by atoms with Gasteiger partial charge < -0.3 is 20.4 Å². The predicted octanol–water partition coefficient (Wildman–Crippen LogP) is 3.04. The third-order valence-corrected chi connectivity index (χ3v) is 6.32. The van der Waals surface area contributed by atoms with Crippen LogP contribution in [0.1, 0.15) is 40.0 Å². The minimum atomic E-state index is -0.874. The number of nitrogens with zero attached hydrogens (tertiary/aromatic N) is 5. The Bertz CT molecular complexity index is 1230. The molecule has 2 aromatic heterocycles. The van der Waals surface area contributed by atoms with Gasteiger partial charge in [0.15, 0.2) is 5.82 Å². The highest BCUT2D eigenvalue weighted by Gasteiger charge is 2.30. The van der Waals surface area contributed by atoms with Crippen LogP contribution in [-0.2, 0) is 13.6 Å². The monoisotopic (exact) mass is 474 g/mol. The van der Waals surface area contributed by atoms with Gasteiger partial charge in [0.1, 0.15) is 5.02 Å². The number of anilines is 3. The summed E-state index contributed by atoms with van der Waals surface area (Å²) in [6.07, 6.45) is 3.60. The second-order valence-corrected chi connectivity index (χ2v) is 10.2. The fourth-order valence-electron chi connectivity index (χ4n) is 4.21. The number of aryl methyl sites for hydroxylation is 2. The maximum absolute atomic E-state index is 12.8. The van der Waals surface area contributed by atoms with Crippen LogP contribution in [0.15, 0.2) is 29.2 Å². The van der Waals surface area contributed by atoms with Gasteiger partial charge in [-0.15, -0.1) is 0 Å². The average Bonchev–Trinajstić information content (AvgIpc) is 2.96. The predicted molar refractivity (Wildman–Crippen MR) is 130 cm³/mol. The molecule has 0 saturated carbocycles. The van der Waals surface area contributed by atoms with E-state index in [1.807, 2.05) is 30.0 Å². The molecule has 0 spiro atoms. The van der Waals surface area contributed by atoms with Crippen molar-refractivity contribution in [3.63, 3.8) is 0 Å². The second-order valence-electron chi connectivity index (χ2n) is 9.77. The third kappa shape index (κ3) is 5.15. The summed E-state index contributed by atoms with van der Waals surface area (Å²) in [6.45, 7) is 6.90.